The van der Waals surface area contributed by atoms with Crippen molar-refractivity contribution in [2.75, 3.05) is 13.1 Å². The van der Waals surface area contributed by atoms with E-state index < -0.39 is 5.97 Å². The molecule has 1 unspecified atom stereocenters. The Labute approximate surface area is 117 Å². The van der Waals surface area contributed by atoms with E-state index in [2.05, 4.69) is 0 Å². The van der Waals surface area contributed by atoms with Crippen LogP contribution >= 0.6 is 0 Å². The molecule has 1 aromatic rings. The number of amides is 1. The molecule has 1 N–H and O–H groups in total. The molecule has 1 saturated carbocycles. The largest absolute Gasteiger partial charge is 0.481 e. The third-order valence-corrected chi connectivity index (χ3v) is 4.83. The lowest BCUT2D eigenvalue weighted by molar-refractivity contribution is -0.139. The van der Waals surface area contributed by atoms with E-state index in [4.69, 9.17) is 9.52 Å². The van der Waals surface area contributed by atoms with Gasteiger partial charge in [-0.3, -0.25) is 9.59 Å². The third kappa shape index (κ3) is 2.01. The zero-order valence-corrected chi connectivity index (χ0v) is 11.6. The number of carboxylic acids is 1. The van der Waals surface area contributed by atoms with Gasteiger partial charge in [-0.2, -0.15) is 0 Å². The highest BCUT2D eigenvalue weighted by Crippen LogP contribution is 2.59. The van der Waals surface area contributed by atoms with Gasteiger partial charge in [0.15, 0.2) is 0 Å². The first-order chi connectivity index (χ1) is 9.57. The van der Waals surface area contributed by atoms with Gasteiger partial charge in [0.1, 0.15) is 5.76 Å². The summed E-state index contributed by atoms with van der Waals surface area (Å²) in [7, 11) is 0. The van der Waals surface area contributed by atoms with Crippen LogP contribution in [0, 0.1) is 11.3 Å². The molecule has 108 valence electrons. The zero-order valence-electron chi connectivity index (χ0n) is 11.6. The van der Waals surface area contributed by atoms with Gasteiger partial charge in [-0.25, -0.2) is 0 Å². The van der Waals surface area contributed by atoms with Gasteiger partial charge in [-0.15, -0.1) is 0 Å². The molecule has 5 nitrogen and oxygen atoms in total. The lowest BCUT2D eigenvalue weighted by Gasteiger charge is -2.32. The Balaban J connectivity index is 1.64. The number of hydrogen-bond acceptors (Lipinski definition) is 3. The minimum absolute atomic E-state index is 0.0120. The zero-order chi connectivity index (χ0) is 14.3. The monoisotopic (exact) mass is 277 g/mol. The minimum atomic E-state index is -0.687. The number of aryl methyl sites for hydroxylation is 1. The fourth-order valence-corrected chi connectivity index (χ4v) is 3.38. The maximum Gasteiger partial charge on any atom is 0.307 e. The molecule has 1 amide bonds. The summed E-state index contributed by atoms with van der Waals surface area (Å²) in [5.41, 5.74) is 0.612. The maximum atomic E-state index is 12.4. The van der Waals surface area contributed by atoms with Crippen LogP contribution in [0.1, 0.15) is 42.3 Å². The van der Waals surface area contributed by atoms with Crippen LogP contribution in [0.25, 0.3) is 0 Å². The highest BCUT2D eigenvalue weighted by molar-refractivity contribution is 5.95. The Morgan fingerprint density at radius 2 is 2.15 bits per heavy atom. The number of aliphatic carboxylic acids is 1. The van der Waals surface area contributed by atoms with Gasteiger partial charge in [0.2, 0.25) is 0 Å². The number of furan rings is 1. The van der Waals surface area contributed by atoms with Crippen molar-refractivity contribution in [2.24, 2.45) is 11.3 Å². The molecule has 5 heteroatoms. The predicted molar refractivity (Wildman–Crippen MR) is 71.4 cm³/mol. The van der Waals surface area contributed by atoms with Gasteiger partial charge in [-0.05, 0) is 30.7 Å². The summed E-state index contributed by atoms with van der Waals surface area (Å²) in [6.07, 6.45) is 4.63. The number of nitrogens with zero attached hydrogens (tertiary/aromatic N) is 1. The SMILES string of the molecule is CCc1occc1C(=O)N1CCC2(CC1)CC2C(=O)O. The third-order valence-electron chi connectivity index (χ3n) is 4.83. The molecule has 2 heterocycles. The second-order valence-corrected chi connectivity index (χ2v) is 5.86. The van der Waals surface area contributed by atoms with Crippen molar-refractivity contribution >= 4 is 11.9 Å². The number of piperidine rings is 1. The second-order valence-electron chi connectivity index (χ2n) is 5.86. The van der Waals surface area contributed by atoms with Gasteiger partial charge in [0.05, 0.1) is 17.7 Å². The normalized spacial score (nSPS) is 23.9. The van der Waals surface area contributed by atoms with Crippen LogP contribution in [0.3, 0.4) is 0 Å². The minimum Gasteiger partial charge on any atom is -0.481 e. The fraction of sp³-hybridized carbons (Fsp3) is 0.600. The molecule has 1 atom stereocenters. The molecule has 1 aromatic heterocycles. The van der Waals surface area contributed by atoms with Gasteiger partial charge < -0.3 is 14.4 Å². The van der Waals surface area contributed by atoms with Crippen LogP contribution in [-0.4, -0.2) is 35.0 Å². The van der Waals surface area contributed by atoms with Gasteiger partial charge in [0, 0.05) is 19.5 Å². The summed E-state index contributed by atoms with van der Waals surface area (Å²) < 4.78 is 5.30. The summed E-state index contributed by atoms with van der Waals surface area (Å²) >= 11 is 0. The van der Waals surface area contributed by atoms with Crippen molar-refractivity contribution < 1.29 is 19.1 Å². The van der Waals surface area contributed by atoms with Crippen LogP contribution < -0.4 is 0 Å². The number of carbonyl (C=O) groups is 2. The van der Waals surface area contributed by atoms with Crippen molar-refractivity contribution in [3.8, 4) is 0 Å². The first kappa shape index (κ1) is 13.2. The van der Waals surface area contributed by atoms with Gasteiger partial charge in [0.25, 0.3) is 5.91 Å². The van der Waals surface area contributed by atoms with E-state index in [9.17, 15) is 9.59 Å². The van der Waals surface area contributed by atoms with E-state index in [0.717, 1.165) is 25.0 Å². The summed E-state index contributed by atoms with van der Waals surface area (Å²) in [6, 6.07) is 1.72. The van der Waals surface area contributed by atoms with Crippen molar-refractivity contribution in [1.82, 2.24) is 4.90 Å². The first-order valence-corrected chi connectivity index (χ1v) is 7.16. The van der Waals surface area contributed by atoms with Crippen molar-refractivity contribution in [1.29, 1.82) is 0 Å². The quantitative estimate of drug-likeness (QED) is 0.919. The van der Waals surface area contributed by atoms with E-state index in [1.807, 2.05) is 11.8 Å². The molecule has 1 saturated heterocycles. The second kappa shape index (κ2) is 4.65. The number of hydrogen-bond donors (Lipinski definition) is 1. The summed E-state index contributed by atoms with van der Waals surface area (Å²) in [5, 5.41) is 9.07. The van der Waals surface area contributed by atoms with E-state index in [-0.39, 0.29) is 17.2 Å². The molecule has 0 aromatic carbocycles. The van der Waals surface area contributed by atoms with Crippen molar-refractivity contribution in [3.05, 3.63) is 23.7 Å². The Kier molecular flexibility index (Phi) is 3.07. The smallest absolute Gasteiger partial charge is 0.307 e. The van der Waals surface area contributed by atoms with Crippen LogP contribution in [0.4, 0.5) is 0 Å². The maximum absolute atomic E-state index is 12.4. The Morgan fingerprint density at radius 3 is 2.70 bits per heavy atom. The number of rotatable bonds is 3. The summed E-state index contributed by atoms with van der Waals surface area (Å²) in [6.45, 7) is 3.26. The Bertz CT molecular complexity index is 540. The lowest BCUT2D eigenvalue weighted by atomic mass is 9.90. The van der Waals surface area contributed by atoms with Crippen LogP contribution in [-0.2, 0) is 11.2 Å². The van der Waals surface area contributed by atoms with E-state index in [1.165, 1.54) is 0 Å². The average Bonchev–Trinajstić information content (AvgIpc) is 2.96. The van der Waals surface area contributed by atoms with Gasteiger partial charge in [-0.1, -0.05) is 6.92 Å². The highest BCUT2D eigenvalue weighted by atomic mass is 16.4. The summed E-state index contributed by atoms with van der Waals surface area (Å²) in [4.78, 5) is 25.3. The van der Waals surface area contributed by atoms with Crippen molar-refractivity contribution in [2.45, 2.75) is 32.6 Å². The molecule has 3 rings (SSSR count). The first-order valence-electron chi connectivity index (χ1n) is 7.16. The van der Waals surface area contributed by atoms with E-state index >= 15 is 0 Å². The molecular formula is C15H19NO4. The number of carbonyl (C=O) groups excluding carboxylic acids is 1. The molecule has 1 aliphatic heterocycles. The number of likely N-dealkylation sites (tertiary alicyclic amines) is 1. The fourth-order valence-electron chi connectivity index (χ4n) is 3.38. The topological polar surface area (TPSA) is 70.8 Å². The molecule has 1 aliphatic carbocycles. The Hall–Kier alpha value is -1.78. The molecule has 0 radical (unpaired) electrons. The molecular weight excluding hydrogens is 258 g/mol. The highest BCUT2D eigenvalue weighted by Gasteiger charge is 2.59. The molecule has 1 spiro atoms. The van der Waals surface area contributed by atoms with Crippen LogP contribution in [0.5, 0.6) is 0 Å². The standard InChI is InChI=1S/C15H19NO4/c1-2-12-10(3-8-20-12)13(17)16-6-4-15(5-7-16)9-11(15)14(18)19/h3,8,11H,2,4-7,9H2,1H3,(H,18,19). The van der Waals surface area contributed by atoms with Gasteiger partial charge >= 0.3 is 5.97 Å². The molecule has 2 aliphatic rings. The molecule has 0 bridgehead atoms. The Morgan fingerprint density at radius 1 is 1.45 bits per heavy atom. The average molecular weight is 277 g/mol. The molecule has 2 fully saturated rings. The van der Waals surface area contributed by atoms with E-state index in [0.29, 0.717) is 25.1 Å². The van der Waals surface area contributed by atoms with Crippen LogP contribution in [0.15, 0.2) is 16.7 Å². The predicted octanol–water partition coefficient (Wildman–Crippen LogP) is 2.17. The van der Waals surface area contributed by atoms with Crippen LogP contribution in [0.2, 0.25) is 0 Å². The lowest BCUT2D eigenvalue weighted by Crippen LogP contribution is -2.40. The van der Waals surface area contributed by atoms with E-state index in [1.54, 1.807) is 12.3 Å². The summed E-state index contributed by atoms with van der Waals surface area (Å²) in [5.74, 6) is -0.143. The van der Waals surface area contributed by atoms with Crippen molar-refractivity contribution in [3.63, 3.8) is 0 Å². The molecule has 20 heavy (non-hydrogen) atoms. The number of carboxylic acid groups (broad SMARTS) is 1.